The van der Waals surface area contributed by atoms with E-state index in [1.807, 2.05) is 24.3 Å². The van der Waals surface area contributed by atoms with Crippen molar-refractivity contribution in [2.24, 2.45) is 0 Å². The molecule has 2 N–H and O–H groups in total. The van der Waals surface area contributed by atoms with Crippen LogP contribution in [0.4, 0.5) is 0 Å². The van der Waals surface area contributed by atoms with E-state index in [-0.39, 0.29) is 25.4 Å². The molecule has 2 aromatic rings. The van der Waals surface area contributed by atoms with Gasteiger partial charge in [-0.3, -0.25) is 14.4 Å². The maximum Gasteiger partial charge on any atom is 0.306 e. The topological polar surface area (TPSA) is 130 Å². The van der Waals surface area contributed by atoms with Gasteiger partial charge in [0.05, 0.1) is 13.0 Å². The number of carbonyl (C=O) groups is 3. The first-order valence-corrected chi connectivity index (χ1v) is 26.0. The lowest BCUT2D eigenvalue weighted by atomic mass is 9.94. The number of rotatable bonds is 33. The molecule has 2 aliphatic rings. The first-order chi connectivity index (χ1) is 31.4. The first kappa shape index (κ1) is 54.9. The van der Waals surface area contributed by atoms with Crippen LogP contribution >= 0.6 is 23.2 Å². The molecule has 2 aromatic carbocycles. The average Bonchev–Trinajstić information content (AvgIpc) is 3.27. The predicted octanol–water partition coefficient (Wildman–Crippen LogP) is 12.7. The van der Waals surface area contributed by atoms with E-state index in [9.17, 15) is 19.5 Å². The number of esters is 2. The Kier molecular flexibility index (Phi) is 26.5. The molecule has 65 heavy (non-hydrogen) atoms. The summed E-state index contributed by atoms with van der Waals surface area (Å²) in [6, 6.07) is 14.9. The third kappa shape index (κ3) is 22.7. The Bertz CT molecular complexity index is 1620. The Labute approximate surface area is 400 Å². The number of nitrogens with one attached hydrogen (secondary N) is 1. The minimum Gasteiger partial charge on any atom is -0.462 e. The normalized spacial score (nSPS) is 20.7. The highest BCUT2D eigenvalue weighted by atomic mass is 35.5. The molecule has 2 fully saturated rings. The molecule has 0 bridgehead atoms. The zero-order valence-electron chi connectivity index (χ0n) is 39.9. The second-order valence-electron chi connectivity index (χ2n) is 18.8. The summed E-state index contributed by atoms with van der Waals surface area (Å²) in [4.78, 5) is 40.4. The molecule has 0 unspecified atom stereocenters. The van der Waals surface area contributed by atoms with E-state index in [0.717, 1.165) is 113 Å². The number of halogens is 2. The summed E-state index contributed by atoms with van der Waals surface area (Å²) in [6.07, 6.45) is 20.8. The number of carbonyl (C=O) groups excluding carboxylic acids is 3. The molecule has 2 heterocycles. The second kappa shape index (κ2) is 31.3. The van der Waals surface area contributed by atoms with E-state index >= 15 is 0 Å². The van der Waals surface area contributed by atoms with Gasteiger partial charge in [-0.2, -0.15) is 0 Å². The number of hydrogen-bond acceptors (Lipinski definition) is 9. The van der Waals surface area contributed by atoms with Gasteiger partial charge in [0.15, 0.2) is 18.2 Å². The van der Waals surface area contributed by atoms with Crippen LogP contribution in [0.3, 0.4) is 0 Å². The summed E-state index contributed by atoms with van der Waals surface area (Å²) in [5.74, 6) is -2.14. The molecule has 0 aromatic heterocycles. The standard InChI is InChI=1S/C53H81Cl2NO9/c1-4-5-6-7-8-9-10-17-22-27-44(62-47(58)28-23-18-13-11-15-20-25-40-30-34-42(54)35-31-40)38-46(57)56-49-51(50-45(63-52(49)60)39-61-53(2,3)65-50)64-48(59)29-24-19-14-12-16-21-26-41-32-36-43(55)37-33-41/h30-37,44-45,49-52,60H,4-29,38-39H2,1-3H3,(H,56,57)/t44-,45+,49+,50+,51+,52+/m0/s1. The Morgan fingerprint density at radius 3 is 1.71 bits per heavy atom. The zero-order chi connectivity index (χ0) is 46.7. The molecular weight excluding hydrogens is 865 g/mol. The SMILES string of the molecule is CCCCCCCCCCC[C@@H](CC(=O)N[C@@H]1[C@@H](OC(=O)CCCCCCCCc2ccc(Cl)cc2)[C@@H]2OC(C)(C)OC[C@H]2O[C@H]1O)OC(=O)CCCCCCCCc1ccc(Cl)cc1. The highest BCUT2D eigenvalue weighted by Crippen LogP contribution is 2.34. The average molecular weight is 947 g/mol. The van der Waals surface area contributed by atoms with Crippen molar-refractivity contribution in [3.63, 3.8) is 0 Å². The second-order valence-corrected chi connectivity index (χ2v) is 19.7. The molecule has 0 saturated carbocycles. The molecule has 12 heteroatoms. The number of ether oxygens (including phenoxy) is 5. The molecule has 2 saturated heterocycles. The number of unbranched alkanes of at least 4 members (excludes halogenated alkanes) is 18. The van der Waals surface area contributed by atoms with Gasteiger partial charge in [-0.15, -0.1) is 0 Å². The number of aliphatic hydroxyl groups excluding tert-OH is 1. The highest BCUT2D eigenvalue weighted by Gasteiger charge is 2.53. The Morgan fingerprint density at radius 2 is 1.17 bits per heavy atom. The number of amides is 1. The van der Waals surface area contributed by atoms with Crippen LogP contribution in [0.5, 0.6) is 0 Å². The summed E-state index contributed by atoms with van der Waals surface area (Å²) in [7, 11) is 0. The van der Waals surface area contributed by atoms with E-state index in [1.54, 1.807) is 13.8 Å². The fourth-order valence-electron chi connectivity index (χ4n) is 8.84. The van der Waals surface area contributed by atoms with Gasteiger partial charge in [0.1, 0.15) is 24.4 Å². The molecule has 1 amide bonds. The van der Waals surface area contributed by atoms with Crippen molar-refractivity contribution in [3.05, 3.63) is 69.7 Å². The lowest BCUT2D eigenvalue weighted by Gasteiger charge is -2.49. The minimum atomic E-state index is -1.48. The van der Waals surface area contributed by atoms with Gasteiger partial charge in [0, 0.05) is 22.9 Å². The number of aryl methyl sites for hydroxylation is 2. The lowest BCUT2D eigenvalue weighted by molar-refractivity contribution is -0.365. The summed E-state index contributed by atoms with van der Waals surface area (Å²) >= 11 is 12.0. The van der Waals surface area contributed by atoms with Crippen LogP contribution in [0, 0.1) is 0 Å². The van der Waals surface area contributed by atoms with Crippen molar-refractivity contribution in [1.82, 2.24) is 5.32 Å². The molecule has 2 aliphatic heterocycles. The summed E-state index contributed by atoms with van der Waals surface area (Å²) in [5.41, 5.74) is 2.58. The van der Waals surface area contributed by atoms with Crippen molar-refractivity contribution in [2.45, 2.75) is 237 Å². The van der Waals surface area contributed by atoms with Crippen LogP contribution in [0.15, 0.2) is 48.5 Å². The van der Waals surface area contributed by atoms with Crippen LogP contribution in [0.1, 0.15) is 192 Å². The lowest BCUT2D eigenvalue weighted by Crippen LogP contribution is -2.69. The van der Waals surface area contributed by atoms with Gasteiger partial charge < -0.3 is 34.1 Å². The van der Waals surface area contributed by atoms with Crippen LogP contribution < -0.4 is 5.32 Å². The smallest absolute Gasteiger partial charge is 0.306 e. The summed E-state index contributed by atoms with van der Waals surface area (Å²) in [6.45, 7) is 5.89. The van der Waals surface area contributed by atoms with Gasteiger partial charge >= 0.3 is 11.9 Å². The Morgan fingerprint density at radius 1 is 0.692 bits per heavy atom. The maximum atomic E-state index is 13.8. The number of hydrogen-bond donors (Lipinski definition) is 2. The molecule has 0 radical (unpaired) electrons. The van der Waals surface area contributed by atoms with Crippen molar-refractivity contribution >= 4 is 41.0 Å². The molecule has 6 atom stereocenters. The van der Waals surface area contributed by atoms with Crippen molar-refractivity contribution in [3.8, 4) is 0 Å². The van der Waals surface area contributed by atoms with Gasteiger partial charge in [0.2, 0.25) is 5.91 Å². The Balaban J connectivity index is 1.25. The van der Waals surface area contributed by atoms with Crippen molar-refractivity contribution in [2.75, 3.05) is 6.61 Å². The molecule has 4 rings (SSSR count). The molecule has 0 spiro atoms. The highest BCUT2D eigenvalue weighted by molar-refractivity contribution is 6.30. The van der Waals surface area contributed by atoms with Gasteiger partial charge in [-0.1, -0.05) is 157 Å². The molecule has 366 valence electrons. The fourth-order valence-corrected chi connectivity index (χ4v) is 9.09. The first-order valence-electron chi connectivity index (χ1n) is 25.2. The summed E-state index contributed by atoms with van der Waals surface area (Å²) < 4.78 is 30.0. The van der Waals surface area contributed by atoms with Crippen molar-refractivity contribution < 1.29 is 43.2 Å². The van der Waals surface area contributed by atoms with Crippen LogP contribution in [-0.2, 0) is 50.9 Å². The van der Waals surface area contributed by atoms with Gasteiger partial charge in [0.25, 0.3) is 0 Å². The number of benzene rings is 2. The van der Waals surface area contributed by atoms with E-state index in [1.165, 1.54) is 49.7 Å². The minimum absolute atomic E-state index is 0.0798. The maximum absolute atomic E-state index is 13.8. The Hall–Kier alpha value is -2.73. The molecule has 0 aliphatic carbocycles. The van der Waals surface area contributed by atoms with Crippen LogP contribution in [0.25, 0.3) is 0 Å². The fraction of sp³-hybridized carbons (Fsp3) is 0.717. The summed E-state index contributed by atoms with van der Waals surface area (Å²) in [5, 5.41) is 15.7. The van der Waals surface area contributed by atoms with Crippen molar-refractivity contribution in [1.29, 1.82) is 0 Å². The molecular formula is C53H81Cl2NO9. The van der Waals surface area contributed by atoms with E-state index in [4.69, 9.17) is 46.9 Å². The van der Waals surface area contributed by atoms with Gasteiger partial charge in [-0.25, -0.2) is 0 Å². The zero-order valence-corrected chi connectivity index (χ0v) is 41.4. The van der Waals surface area contributed by atoms with E-state index < -0.39 is 54.4 Å². The third-order valence-electron chi connectivity index (χ3n) is 12.6. The number of aliphatic hydroxyl groups is 1. The third-order valence-corrected chi connectivity index (χ3v) is 13.1. The van der Waals surface area contributed by atoms with Crippen LogP contribution in [0.2, 0.25) is 10.0 Å². The quantitative estimate of drug-likeness (QED) is 0.0531. The van der Waals surface area contributed by atoms with Gasteiger partial charge in [-0.05, 0) is 101 Å². The van der Waals surface area contributed by atoms with Crippen LogP contribution in [-0.4, -0.2) is 72.1 Å². The molecule has 10 nitrogen and oxygen atoms in total. The monoisotopic (exact) mass is 946 g/mol. The van der Waals surface area contributed by atoms with E-state index in [0.29, 0.717) is 19.3 Å². The number of fused-ring (bicyclic) bond motifs is 1. The predicted molar refractivity (Wildman–Crippen MR) is 259 cm³/mol. The van der Waals surface area contributed by atoms with E-state index in [2.05, 4.69) is 36.5 Å². The largest absolute Gasteiger partial charge is 0.462 e.